The number of rotatable bonds is 6. The minimum absolute atomic E-state index is 0.0856. The molecule has 0 aromatic carbocycles. The molecule has 6 nitrogen and oxygen atoms in total. The van der Waals surface area contributed by atoms with Crippen LogP contribution in [0.1, 0.15) is 40.6 Å². The fourth-order valence-corrected chi connectivity index (χ4v) is 1.49. The topological polar surface area (TPSA) is 99.5 Å². The number of carbonyl (C=O) groups excluding carboxylic acids is 1. The molecule has 0 saturated carbocycles. The first-order valence-corrected chi connectivity index (χ1v) is 5.70. The first kappa shape index (κ1) is 14.1. The third-order valence-corrected chi connectivity index (χ3v) is 2.37. The van der Waals surface area contributed by atoms with Crippen molar-refractivity contribution in [3.8, 4) is 0 Å². The fourth-order valence-electron chi connectivity index (χ4n) is 1.49. The number of amides is 1. The number of carbonyl (C=O) groups is 2. The van der Waals surface area contributed by atoms with Gasteiger partial charge in [-0.3, -0.25) is 9.78 Å². The maximum Gasteiger partial charge on any atom is 0.338 e. The summed E-state index contributed by atoms with van der Waals surface area (Å²) in [5, 5.41) is 20.8. The number of aromatic carboxylic acids is 1. The average Bonchev–Trinajstić information content (AvgIpc) is 2.36. The van der Waals surface area contributed by atoms with Gasteiger partial charge in [0.25, 0.3) is 5.91 Å². The van der Waals surface area contributed by atoms with Crippen LogP contribution in [0.4, 0.5) is 0 Å². The van der Waals surface area contributed by atoms with Crippen molar-refractivity contribution in [3.63, 3.8) is 0 Å². The van der Waals surface area contributed by atoms with E-state index >= 15 is 0 Å². The quantitative estimate of drug-likeness (QED) is 0.691. The first-order valence-electron chi connectivity index (χ1n) is 5.70. The molecule has 0 aliphatic carbocycles. The predicted molar refractivity (Wildman–Crippen MR) is 64.4 cm³/mol. The summed E-state index contributed by atoms with van der Waals surface area (Å²) in [6, 6.07) is 2.76. The van der Waals surface area contributed by atoms with Gasteiger partial charge in [-0.2, -0.15) is 0 Å². The van der Waals surface area contributed by atoms with Crippen LogP contribution < -0.4 is 5.32 Å². The number of pyridine rings is 1. The summed E-state index contributed by atoms with van der Waals surface area (Å²) in [4.78, 5) is 26.4. The van der Waals surface area contributed by atoms with E-state index in [0.29, 0.717) is 6.42 Å². The molecule has 1 aromatic rings. The zero-order valence-corrected chi connectivity index (χ0v) is 10.1. The van der Waals surface area contributed by atoms with Crippen LogP contribution in [-0.4, -0.2) is 39.7 Å². The van der Waals surface area contributed by atoms with Crippen LogP contribution in [0.5, 0.6) is 0 Å². The van der Waals surface area contributed by atoms with E-state index in [2.05, 4.69) is 10.3 Å². The van der Waals surface area contributed by atoms with Crippen molar-refractivity contribution in [2.24, 2.45) is 0 Å². The molecule has 0 aliphatic heterocycles. The van der Waals surface area contributed by atoms with Crippen LogP contribution in [0.2, 0.25) is 0 Å². The van der Waals surface area contributed by atoms with E-state index in [-0.39, 0.29) is 17.8 Å². The van der Waals surface area contributed by atoms with Gasteiger partial charge < -0.3 is 15.5 Å². The molecule has 1 atom stereocenters. The second-order valence-corrected chi connectivity index (χ2v) is 3.86. The number of nitrogens with one attached hydrogen (secondary N) is 1. The lowest BCUT2D eigenvalue weighted by atomic mass is 10.1. The van der Waals surface area contributed by atoms with E-state index in [9.17, 15) is 14.7 Å². The van der Waals surface area contributed by atoms with E-state index in [1.165, 1.54) is 18.3 Å². The number of aliphatic hydroxyl groups is 1. The van der Waals surface area contributed by atoms with E-state index in [1.807, 2.05) is 6.92 Å². The Hall–Kier alpha value is -1.95. The van der Waals surface area contributed by atoms with Gasteiger partial charge in [0.2, 0.25) is 0 Å². The Labute approximate surface area is 105 Å². The molecule has 0 saturated heterocycles. The van der Waals surface area contributed by atoms with Crippen molar-refractivity contribution >= 4 is 11.9 Å². The summed E-state index contributed by atoms with van der Waals surface area (Å²) in [6.45, 7) is 2.01. The predicted octanol–water partition coefficient (Wildman–Crippen LogP) is 0.671. The molecule has 1 heterocycles. The van der Waals surface area contributed by atoms with Crippen molar-refractivity contribution < 1.29 is 19.8 Å². The molecule has 0 spiro atoms. The van der Waals surface area contributed by atoms with Crippen molar-refractivity contribution in [3.05, 3.63) is 29.6 Å². The number of carboxylic acid groups (broad SMARTS) is 1. The lowest BCUT2D eigenvalue weighted by Gasteiger charge is -2.11. The van der Waals surface area contributed by atoms with Crippen LogP contribution in [0.25, 0.3) is 0 Å². The standard InChI is InChI=1S/C12H16N2O4/c1-2-4-8(15)7-14-11(16)10-9(12(17)18)5-3-6-13-10/h3,5-6,8,15H,2,4,7H2,1H3,(H,14,16)(H,17,18). The SMILES string of the molecule is CCCC(O)CNC(=O)c1ncccc1C(=O)O. The van der Waals surface area contributed by atoms with Crippen LogP contribution >= 0.6 is 0 Å². The molecule has 18 heavy (non-hydrogen) atoms. The summed E-state index contributed by atoms with van der Waals surface area (Å²) in [5.41, 5.74) is -0.298. The van der Waals surface area contributed by atoms with Gasteiger partial charge in [0, 0.05) is 12.7 Å². The molecule has 0 aliphatic rings. The maximum atomic E-state index is 11.7. The molecule has 1 aromatic heterocycles. The molecule has 0 fully saturated rings. The summed E-state index contributed by atoms with van der Waals surface area (Å²) in [5.74, 6) is -1.80. The van der Waals surface area contributed by atoms with Gasteiger partial charge in [0.15, 0.2) is 0 Å². The van der Waals surface area contributed by atoms with Gasteiger partial charge >= 0.3 is 5.97 Å². The number of aliphatic hydroxyl groups excluding tert-OH is 1. The van der Waals surface area contributed by atoms with Crippen molar-refractivity contribution in [2.45, 2.75) is 25.9 Å². The summed E-state index contributed by atoms with van der Waals surface area (Å²) >= 11 is 0. The molecule has 98 valence electrons. The first-order chi connectivity index (χ1) is 8.56. The van der Waals surface area contributed by atoms with Crippen LogP contribution in [0.15, 0.2) is 18.3 Å². The van der Waals surface area contributed by atoms with E-state index < -0.39 is 18.0 Å². The Morgan fingerprint density at radius 1 is 1.50 bits per heavy atom. The molecular weight excluding hydrogens is 236 g/mol. The Kier molecular flexibility index (Phi) is 5.26. The molecule has 3 N–H and O–H groups in total. The minimum atomic E-state index is -1.21. The summed E-state index contributed by atoms with van der Waals surface area (Å²) in [7, 11) is 0. The van der Waals surface area contributed by atoms with E-state index in [4.69, 9.17) is 5.11 Å². The lowest BCUT2D eigenvalue weighted by Crippen LogP contribution is -2.33. The largest absolute Gasteiger partial charge is 0.478 e. The molecule has 0 radical (unpaired) electrons. The van der Waals surface area contributed by atoms with Crippen LogP contribution in [-0.2, 0) is 0 Å². The second kappa shape index (κ2) is 6.70. The van der Waals surface area contributed by atoms with Gasteiger partial charge in [-0.1, -0.05) is 13.3 Å². The third kappa shape index (κ3) is 3.81. The molecule has 0 bridgehead atoms. The van der Waals surface area contributed by atoms with Crippen LogP contribution in [0.3, 0.4) is 0 Å². The second-order valence-electron chi connectivity index (χ2n) is 3.86. The highest BCUT2D eigenvalue weighted by Crippen LogP contribution is 2.05. The highest BCUT2D eigenvalue weighted by molar-refractivity contribution is 6.03. The molecule has 6 heteroatoms. The van der Waals surface area contributed by atoms with E-state index in [0.717, 1.165) is 6.42 Å². The highest BCUT2D eigenvalue weighted by atomic mass is 16.4. The average molecular weight is 252 g/mol. The number of hydrogen-bond acceptors (Lipinski definition) is 4. The number of hydrogen-bond donors (Lipinski definition) is 3. The lowest BCUT2D eigenvalue weighted by molar-refractivity contribution is 0.0689. The van der Waals surface area contributed by atoms with Crippen molar-refractivity contribution in [1.82, 2.24) is 10.3 Å². The number of nitrogens with zero attached hydrogens (tertiary/aromatic N) is 1. The Bertz CT molecular complexity index is 434. The fraction of sp³-hybridized carbons (Fsp3) is 0.417. The maximum absolute atomic E-state index is 11.7. The van der Waals surface area contributed by atoms with Gasteiger partial charge in [-0.05, 0) is 18.6 Å². The molecule has 1 amide bonds. The number of aromatic nitrogens is 1. The molecule has 1 unspecified atom stereocenters. The van der Waals surface area contributed by atoms with Gasteiger partial charge in [-0.15, -0.1) is 0 Å². The van der Waals surface area contributed by atoms with Crippen molar-refractivity contribution in [2.75, 3.05) is 6.54 Å². The minimum Gasteiger partial charge on any atom is -0.478 e. The third-order valence-electron chi connectivity index (χ3n) is 2.37. The zero-order chi connectivity index (χ0) is 13.5. The summed E-state index contributed by atoms with van der Waals surface area (Å²) in [6.07, 6.45) is 2.11. The van der Waals surface area contributed by atoms with Crippen molar-refractivity contribution in [1.29, 1.82) is 0 Å². The smallest absolute Gasteiger partial charge is 0.338 e. The Morgan fingerprint density at radius 2 is 2.22 bits per heavy atom. The summed E-state index contributed by atoms with van der Waals surface area (Å²) < 4.78 is 0. The zero-order valence-electron chi connectivity index (χ0n) is 10.1. The molecule has 1 rings (SSSR count). The molecular formula is C12H16N2O4. The monoisotopic (exact) mass is 252 g/mol. The Morgan fingerprint density at radius 3 is 2.83 bits per heavy atom. The van der Waals surface area contributed by atoms with Crippen LogP contribution in [0, 0.1) is 0 Å². The van der Waals surface area contributed by atoms with Gasteiger partial charge in [0.1, 0.15) is 5.69 Å². The highest BCUT2D eigenvalue weighted by Gasteiger charge is 2.17. The normalized spacial score (nSPS) is 11.9. The van der Waals surface area contributed by atoms with Gasteiger partial charge in [-0.25, -0.2) is 4.79 Å². The van der Waals surface area contributed by atoms with E-state index in [1.54, 1.807) is 0 Å². The number of carboxylic acids is 1. The van der Waals surface area contributed by atoms with Gasteiger partial charge in [0.05, 0.1) is 11.7 Å². The Balaban J connectivity index is 2.70.